The van der Waals surface area contributed by atoms with Gasteiger partial charge in [-0.2, -0.15) is 0 Å². The van der Waals surface area contributed by atoms with Crippen LogP contribution >= 0.6 is 0 Å². The van der Waals surface area contributed by atoms with Crippen molar-refractivity contribution in [2.75, 3.05) is 38.5 Å². The number of amides is 1. The third-order valence-corrected chi connectivity index (χ3v) is 6.63. The molecule has 1 fully saturated rings. The average Bonchev–Trinajstić information content (AvgIpc) is 2.82. The summed E-state index contributed by atoms with van der Waals surface area (Å²) in [5, 5.41) is 1.25. The van der Waals surface area contributed by atoms with Crippen molar-refractivity contribution < 1.29 is 13.2 Å². The van der Waals surface area contributed by atoms with Gasteiger partial charge in [0.25, 0.3) is 0 Å². The molecule has 1 saturated heterocycles. The van der Waals surface area contributed by atoms with Crippen molar-refractivity contribution >= 4 is 15.7 Å². The topological polar surface area (TPSA) is 57.7 Å². The van der Waals surface area contributed by atoms with Crippen molar-refractivity contribution in [2.24, 2.45) is 5.92 Å². The first-order valence-corrected chi connectivity index (χ1v) is 11.2. The molecule has 2 aliphatic heterocycles. The maximum atomic E-state index is 12.5. The van der Waals surface area contributed by atoms with Gasteiger partial charge in [0.1, 0.15) is 0 Å². The Morgan fingerprint density at radius 2 is 1.88 bits per heavy atom. The summed E-state index contributed by atoms with van der Waals surface area (Å²) in [6.07, 6.45) is 5.17. The van der Waals surface area contributed by atoms with E-state index in [1.807, 2.05) is 11.0 Å². The summed E-state index contributed by atoms with van der Waals surface area (Å²) in [6.45, 7) is 4.50. The summed E-state index contributed by atoms with van der Waals surface area (Å²) in [7, 11) is -3.08. The summed E-state index contributed by atoms with van der Waals surface area (Å²) < 4.78 is 23.0. The predicted octanol–water partition coefficient (Wildman–Crippen LogP) is 2.10. The van der Waals surface area contributed by atoms with E-state index in [1.54, 1.807) is 6.08 Å². The molecule has 2 aliphatic rings. The standard InChI is InChI=1S/C20H28N2O3S/c23-20(16-19-9-15-26(24,25)17-19)22-12-5-11-21(13-14-22)10-4-8-18-6-2-1-3-7-18/h1-3,6-7,9,15,19H,4-5,8,10-14,16-17H2/t19-/m1/s1. The van der Waals surface area contributed by atoms with Gasteiger partial charge < -0.3 is 9.80 Å². The van der Waals surface area contributed by atoms with Crippen LogP contribution in [0.4, 0.5) is 0 Å². The number of hydrogen-bond donors (Lipinski definition) is 0. The monoisotopic (exact) mass is 376 g/mol. The fourth-order valence-electron chi connectivity index (χ4n) is 3.72. The van der Waals surface area contributed by atoms with Gasteiger partial charge in [-0.3, -0.25) is 4.79 Å². The Labute approximate surface area is 156 Å². The largest absolute Gasteiger partial charge is 0.341 e. The van der Waals surface area contributed by atoms with Crippen molar-refractivity contribution in [2.45, 2.75) is 25.7 Å². The lowest BCUT2D eigenvalue weighted by Gasteiger charge is -2.23. The third kappa shape index (κ3) is 5.68. The van der Waals surface area contributed by atoms with E-state index in [9.17, 15) is 13.2 Å². The van der Waals surface area contributed by atoms with Gasteiger partial charge in [-0.25, -0.2) is 8.42 Å². The van der Waals surface area contributed by atoms with Gasteiger partial charge in [-0.05, 0) is 37.9 Å². The zero-order valence-corrected chi connectivity index (χ0v) is 16.0. The second kappa shape index (κ2) is 8.82. The molecular formula is C20H28N2O3S. The molecule has 1 atom stereocenters. The van der Waals surface area contributed by atoms with Crippen LogP contribution in [-0.2, 0) is 21.1 Å². The van der Waals surface area contributed by atoms with Crippen molar-refractivity contribution in [3.05, 3.63) is 47.4 Å². The highest BCUT2D eigenvalue weighted by atomic mass is 32.2. The van der Waals surface area contributed by atoms with Crippen LogP contribution in [0.1, 0.15) is 24.8 Å². The fraction of sp³-hybridized carbons (Fsp3) is 0.550. The number of rotatable bonds is 6. The van der Waals surface area contributed by atoms with Gasteiger partial charge >= 0.3 is 0 Å². The summed E-state index contributed by atoms with van der Waals surface area (Å²) >= 11 is 0. The molecule has 0 unspecified atom stereocenters. The normalized spacial score (nSPS) is 23.1. The highest BCUT2D eigenvalue weighted by Gasteiger charge is 2.26. The van der Waals surface area contributed by atoms with Gasteiger partial charge in [0.15, 0.2) is 9.84 Å². The van der Waals surface area contributed by atoms with Crippen LogP contribution in [0, 0.1) is 5.92 Å². The van der Waals surface area contributed by atoms with E-state index in [-0.39, 0.29) is 17.6 Å². The molecule has 0 radical (unpaired) electrons. The van der Waals surface area contributed by atoms with Gasteiger partial charge in [-0.1, -0.05) is 36.4 Å². The lowest BCUT2D eigenvalue weighted by Crippen LogP contribution is -2.36. The van der Waals surface area contributed by atoms with Gasteiger partial charge in [-0.15, -0.1) is 0 Å². The van der Waals surface area contributed by atoms with Crippen LogP contribution in [-0.4, -0.2) is 62.6 Å². The summed E-state index contributed by atoms with van der Waals surface area (Å²) in [5.41, 5.74) is 1.37. The number of allylic oxidation sites excluding steroid dienone is 1. The molecule has 5 nitrogen and oxygen atoms in total. The van der Waals surface area contributed by atoms with E-state index < -0.39 is 9.84 Å². The molecule has 0 aromatic heterocycles. The SMILES string of the molecule is O=C(C[C@H]1C=CS(=O)(=O)C1)N1CCCN(CCCc2ccccc2)CC1. The van der Waals surface area contributed by atoms with Crippen molar-refractivity contribution in [1.82, 2.24) is 9.80 Å². The molecule has 1 aromatic carbocycles. The number of benzene rings is 1. The minimum Gasteiger partial charge on any atom is -0.341 e. The molecule has 0 saturated carbocycles. The van der Waals surface area contributed by atoms with E-state index in [2.05, 4.69) is 29.2 Å². The summed E-state index contributed by atoms with van der Waals surface area (Å²) in [6, 6.07) is 10.5. The van der Waals surface area contributed by atoms with E-state index in [4.69, 9.17) is 0 Å². The maximum absolute atomic E-state index is 12.5. The van der Waals surface area contributed by atoms with E-state index in [0.29, 0.717) is 6.42 Å². The van der Waals surface area contributed by atoms with Crippen molar-refractivity contribution in [3.8, 4) is 0 Å². The molecule has 1 amide bonds. The molecule has 26 heavy (non-hydrogen) atoms. The Kier molecular flexibility index (Phi) is 6.48. The number of sulfone groups is 1. The second-order valence-electron chi connectivity index (χ2n) is 7.29. The first-order chi connectivity index (χ1) is 12.5. The molecular weight excluding hydrogens is 348 g/mol. The van der Waals surface area contributed by atoms with Crippen LogP contribution in [0.15, 0.2) is 41.8 Å². The number of nitrogens with zero attached hydrogens (tertiary/aromatic N) is 2. The van der Waals surface area contributed by atoms with E-state index in [1.165, 1.54) is 11.0 Å². The molecule has 2 heterocycles. The highest BCUT2D eigenvalue weighted by Crippen LogP contribution is 2.19. The molecule has 0 spiro atoms. The van der Waals surface area contributed by atoms with Crippen LogP contribution in [0.2, 0.25) is 0 Å². The third-order valence-electron chi connectivity index (χ3n) is 5.17. The molecule has 0 aliphatic carbocycles. The number of carbonyl (C=O) groups excluding carboxylic acids is 1. The molecule has 1 aromatic rings. The summed E-state index contributed by atoms with van der Waals surface area (Å²) in [5.74, 6) is 0.0127. The predicted molar refractivity (Wildman–Crippen MR) is 103 cm³/mol. The van der Waals surface area contributed by atoms with E-state index >= 15 is 0 Å². The van der Waals surface area contributed by atoms with Crippen LogP contribution in [0.3, 0.4) is 0 Å². The number of aryl methyl sites for hydroxylation is 1. The van der Waals surface area contributed by atoms with Gasteiger partial charge in [0, 0.05) is 37.4 Å². The lowest BCUT2D eigenvalue weighted by atomic mass is 10.1. The van der Waals surface area contributed by atoms with Crippen molar-refractivity contribution in [3.63, 3.8) is 0 Å². The van der Waals surface area contributed by atoms with Gasteiger partial charge in [0.2, 0.25) is 5.91 Å². The van der Waals surface area contributed by atoms with Crippen LogP contribution in [0.25, 0.3) is 0 Å². The Bertz CT molecular complexity index is 731. The molecule has 0 N–H and O–H groups in total. The fourth-order valence-corrected chi connectivity index (χ4v) is 5.11. The molecule has 3 rings (SSSR count). The Morgan fingerprint density at radius 1 is 1.08 bits per heavy atom. The summed E-state index contributed by atoms with van der Waals surface area (Å²) in [4.78, 5) is 16.9. The Hall–Kier alpha value is -1.66. The maximum Gasteiger partial charge on any atom is 0.223 e. The first-order valence-electron chi connectivity index (χ1n) is 9.47. The number of carbonyl (C=O) groups is 1. The second-order valence-corrected chi connectivity index (χ2v) is 9.22. The smallest absolute Gasteiger partial charge is 0.223 e. The molecule has 142 valence electrons. The lowest BCUT2D eigenvalue weighted by molar-refractivity contribution is -0.131. The Balaban J connectivity index is 1.40. The van der Waals surface area contributed by atoms with Crippen LogP contribution < -0.4 is 0 Å². The average molecular weight is 377 g/mol. The van der Waals surface area contributed by atoms with E-state index in [0.717, 1.165) is 52.0 Å². The minimum absolute atomic E-state index is 0.0815. The Morgan fingerprint density at radius 3 is 2.62 bits per heavy atom. The minimum atomic E-state index is -3.08. The number of hydrogen-bond acceptors (Lipinski definition) is 4. The highest BCUT2D eigenvalue weighted by molar-refractivity contribution is 7.94. The molecule has 0 bridgehead atoms. The zero-order chi connectivity index (χ0) is 18.4. The quantitative estimate of drug-likeness (QED) is 0.763. The van der Waals surface area contributed by atoms with Crippen molar-refractivity contribution in [1.29, 1.82) is 0 Å². The molecule has 6 heteroatoms. The van der Waals surface area contributed by atoms with Gasteiger partial charge in [0.05, 0.1) is 5.75 Å². The van der Waals surface area contributed by atoms with Crippen LogP contribution in [0.5, 0.6) is 0 Å². The zero-order valence-electron chi connectivity index (χ0n) is 15.2. The first kappa shape index (κ1) is 19.1.